The van der Waals surface area contributed by atoms with E-state index in [1.54, 1.807) is 17.7 Å². The minimum atomic E-state index is -0.175. The first-order valence-corrected chi connectivity index (χ1v) is 12.1. The first-order chi connectivity index (χ1) is 14.6. The Hall–Kier alpha value is -1.99. The zero-order valence-electron chi connectivity index (χ0n) is 18.3. The smallest absolute Gasteiger partial charge is 0.147 e. The highest BCUT2D eigenvalue weighted by molar-refractivity contribution is 7.26. The van der Waals surface area contributed by atoms with Crippen molar-refractivity contribution in [1.82, 2.24) is 15.0 Å². The highest BCUT2D eigenvalue weighted by atomic mass is 32.1. The molecule has 2 aliphatic rings. The normalized spacial score (nSPS) is 18.3. The van der Waals surface area contributed by atoms with Crippen molar-refractivity contribution in [1.29, 1.82) is 0 Å². The number of anilines is 2. The molecule has 1 saturated heterocycles. The number of fused-ring (bicyclic) bond motifs is 5. The Kier molecular flexibility index (Phi) is 5.27. The summed E-state index contributed by atoms with van der Waals surface area (Å²) in [6, 6.07) is 0. The molecule has 3 aromatic heterocycles. The number of ether oxygens (including phenoxy) is 1. The zero-order chi connectivity index (χ0) is 20.7. The highest BCUT2D eigenvalue weighted by Gasteiger charge is 2.33. The van der Waals surface area contributed by atoms with Crippen LogP contribution in [0, 0.1) is 0 Å². The Morgan fingerprint density at radius 1 is 1.17 bits per heavy atom. The van der Waals surface area contributed by atoms with Gasteiger partial charge in [0.1, 0.15) is 22.8 Å². The van der Waals surface area contributed by atoms with Crippen molar-refractivity contribution >= 4 is 43.4 Å². The van der Waals surface area contributed by atoms with E-state index < -0.39 is 0 Å². The van der Waals surface area contributed by atoms with Gasteiger partial charge in [-0.05, 0) is 38.7 Å². The van der Waals surface area contributed by atoms with Crippen LogP contribution in [0.25, 0.3) is 20.4 Å². The number of hydrogen-bond donors (Lipinski definition) is 1. The van der Waals surface area contributed by atoms with E-state index in [9.17, 15) is 0 Å². The monoisotopic (exact) mass is 425 g/mol. The van der Waals surface area contributed by atoms with Gasteiger partial charge in [0, 0.05) is 37.0 Å². The maximum atomic E-state index is 6.22. The Morgan fingerprint density at radius 3 is 2.80 bits per heavy atom. The maximum absolute atomic E-state index is 6.22. The molecule has 6 nitrogen and oxygen atoms in total. The van der Waals surface area contributed by atoms with Crippen LogP contribution in [0.5, 0.6) is 0 Å². The average molecular weight is 426 g/mol. The van der Waals surface area contributed by atoms with Gasteiger partial charge in [-0.3, -0.25) is 0 Å². The summed E-state index contributed by atoms with van der Waals surface area (Å²) in [6.45, 7) is 10.3. The van der Waals surface area contributed by atoms with E-state index in [1.807, 2.05) is 0 Å². The molecule has 0 radical (unpaired) electrons. The van der Waals surface area contributed by atoms with Gasteiger partial charge in [0.25, 0.3) is 0 Å². The molecule has 1 N–H and O–H groups in total. The van der Waals surface area contributed by atoms with Crippen LogP contribution in [0.4, 0.5) is 11.6 Å². The third-order valence-electron chi connectivity index (χ3n) is 6.28. The quantitative estimate of drug-likeness (QED) is 0.541. The summed E-state index contributed by atoms with van der Waals surface area (Å²) in [6.07, 6.45) is 8.67. The van der Waals surface area contributed by atoms with Gasteiger partial charge >= 0.3 is 0 Å². The summed E-state index contributed by atoms with van der Waals surface area (Å²) in [5.41, 5.74) is 3.50. The van der Waals surface area contributed by atoms with Crippen molar-refractivity contribution < 1.29 is 4.74 Å². The number of nitrogens with one attached hydrogen (secondary N) is 1. The first-order valence-electron chi connectivity index (χ1n) is 11.3. The number of thiophene rings is 1. The summed E-state index contributed by atoms with van der Waals surface area (Å²) in [5, 5.41) is 4.76. The van der Waals surface area contributed by atoms with Gasteiger partial charge in [0.2, 0.25) is 0 Å². The molecular weight excluding hydrogens is 394 g/mol. The Bertz CT molecular complexity index is 1070. The first kappa shape index (κ1) is 19.9. The van der Waals surface area contributed by atoms with Crippen molar-refractivity contribution in [2.24, 2.45) is 0 Å². The van der Waals surface area contributed by atoms with Gasteiger partial charge in [-0.1, -0.05) is 19.8 Å². The SMILES string of the molecule is CCCCCNc1ncnc2c1sc1nc(N3CCCC3)c3c(c12)CC(C)(C)OC3. The lowest BCUT2D eigenvalue weighted by Gasteiger charge is -2.34. The van der Waals surface area contributed by atoms with E-state index in [2.05, 4.69) is 36.0 Å². The van der Waals surface area contributed by atoms with Crippen LogP contribution in [0.15, 0.2) is 6.33 Å². The number of rotatable bonds is 6. The van der Waals surface area contributed by atoms with Crippen LogP contribution in [0.1, 0.15) is 64.0 Å². The molecule has 0 amide bonds. The Balaban J connectivity index is 1.66. The van der Waals surface area contributed by atoms with Crippen molar-refractivity contribution in [2.45, 2.75) is 71.5 Å². The third kappa shape index (κ3) is 3.52. The van der Waals surface area contributed by atoms with E-state index in [0.717, 1.165) is 59.2 Å². The van der Waals surface area contributed by atoms with Crippen LogP contribution in [-0.2, 0) is 17.8 Å². The fourth-order valence-electron chi connectivity index (χ4n) is 4.69. The molecule has 0 bridgehead atoms. The summed E-state index contributed by atoms with van der Waals surface area (Å²) in [4.78, 5) is 18.0. The molecule has 0 saturated carbocycles. The Morgan fingerprint density at radius 2 is 2.00 bits per heavy atom. The molecule has 30 heavy (non-hydrogen) atoms. The second kappa shape index (κ2) is 7.93. The lowest BCUT2D eigenvalue weighted by Crippen LogP contribution is -2.33. The molecule has 0 aromatic carbocycles. The van der Waals surface area contributed by atoms with E-state index in [-0.39, 0.29) is 5.60 Å². The van der Waals surface area contributed by atoms with E-state index in [1.165, 1.54) is 42.2 Å². The minimum absolute atomic E-state index is 0.175. The molecule has 2 aliphatic heterocycles. The van der Waals surface area contributed by atoms with Crippen LogP contribution in [-0.4, -0.2) is 40.2 Å². The summed E-state index contributed by atoms with van der Waals surface area (Å²) >= 11 is 1.73. The minimum Gasteiger partial charge on any atom is -0.370 e. The van der Waals surface area contributed by atoms with Gasteiger partial charge in [0.05, 0.1) is 22.4 Å². The topological polar surface area (TPSA) is 63.2 Å². The van der Waals surface area contributed by atoms with Gasteiger partial charge in [-0.15, -0.1) is 11.3 Å². The second-order valence-electron chi connectivity index (χ2n) is 9.13. The Labute approximate surface area is 182 Å². The van der Waals surface area contributed by atoms with Crippen LogP contribution in [0.3, 0.4) is 0 Å². The van der Waals surface area contributed by atoms with E-state index in [0.29, 0.717) is 6.61 Å². The fraction of sp³-hybridized carbons (Fsp3) is 0.609. The molecule has 1 fully saturated rings. The molecule has 160 valence electrons. The number of aromatic nitrogens is 3. The molecule has 0 unspecified atom stereocenters. The van der Waals surface area contributed by atoms with Crippen molar-refractivity contribution in [3.63, 3.8) is 0 Å². The molecule has 0 atom stereocenters. The summed E-state index contributed by atoms with van der Waals surface area (Å²) < 4.78 is 7.35. The molecule has 0 spiro atoms. The third-order valence-corrected chi connectivity index (χ3v) is 7.36. The lowest BCUT2D eigenvalue weighted by molar-refractivity contribution is -0.0395. The second-order valence-corrected chi connectivity index (χ2v) is 10.1. The van der Waals surface area contributed by atoms with Gasteiger partial charge < -0.3 is 15.0 Å². The van der Waals surface area contributed by atoms with E-state index in [4.69, 9.17) is 14.7 Å². The molecule has 0 aliphatic carbocycles. The fourth-order valence-corrected chi connectivity index (χ4v) is 5.81. The molecule has 7 heteroatoms. The predicted octanol–water partition coefficient (Wildman–Crippen LogP) is 5.29. The standard InChI is InChI=1S/C23H31N5OS/c1-4-5-6-9-24-20-19-18(25-14-26-20)17-15-12-23(2,3)29-13-16(15)21(27-22(17)30-19)28-10-7-8-11-28/h14H,4-13H2,1-3H3,(H,24,25,26). The molecule has 5 heterocycles. The number of pyridine rings is 1. The largest absolute Gasteiger partial charge is 0.370 e. The van der Waals surface area contributed by atoms with E-state index >= 15 is 0 Å². The van der Waals surface area contributed by atoms with Crippen LogP contribution in [0.2, 0.25) is 0 Å². The number of unbranched alkanes of at least 4 members (excludes halogenated alkanes) is 2. The van der Waals surface area contributed by atoms with Crippen molar-refractivity contribution in [2.75, 3.05) is 29.9 Å². The maximum Gasteiger partial charge on any atom is 0.147 e. The van der Waals surface area contributed by atoms with Crippen molar-refractivity contribution in [3.05, 3.63) is 17.5 Å². The highest BCUT2D eigenvalue weighted by Crippen LogP contribution is 2.44. The molecule has 3 aromatic rings. The lowest BCUT2D eigenvalue weighted by atomic mass is 9.90. The predicted molar refractivity (Wildman–Crippen MR) is 125 cm³/mol. The molecular formula is C23H31N5OS. The van der Waals surface area contributed by atoms with Crippen LogP contribution < -0.4 is 10.2 Å². The van der Waals surface area contributed by atoms with Crippen molar-refractivity contribution in [3.8, 4) is 0 Å². The van der Waals surface area contributed by atoms with Gasteiger partial charge in [0.15, 0.2) is 0 Å². The molecule has 5 rings (SSSR count). The number of nitrogens with zero attached hydrogens (tertiary/aromatic N) is 4. The summed E-state index contributed by atoms with van der Waals surface area (Å²) in [5.74, 6) is 2.07. The summed E-state index contributed by atoms with van der Waals surface area (Å²) in [7, 11) is 0. The average Bonchev–Trinajstić information content (AvgIpc) is 3.38. The van der Waals surface area contributed by atoms with Gasteiger partial charge in [-0.25, -0.2) is 15.0 Å². The van der Waals surface area contributed by atoms with Gasteiger partial charge in [-0.2, -0.15) is 0 Å². The number of hydrogen-bond acceptors (Lipinski definition) is 7. The van der Waals surface area contributed by atoms with Crippen LogP contribution >= 0.6 is 11.3 Å². The zero-order valence-corrected chi connectivity index (χ0v) is 19.1.